The summed E-state index contributed by atoms with van der Waals surface area (Å²) in [4.78, 5) is 24.5. The van der Waals surface area contributed by atoms with Crippen molar-refractivity contribution in [2.75, 3.05) is 37.8 Å². The molecule has 0 aromatic rings. The Kier molecular flexibility index (Phi) is 6.13. The van der Waals surface area contributed by atoms with Crippen LogP contribution in [0.4, 0.5) is 4.79 Å². The van der Waals surface area contributed by atoms with Crippen molar-refractivity contribution in [3.8, 4) is 0 Å². The predicted molar refractivity (Wildman–Crippen MR) is 64.9 cm³/mol. The van der Waals surface area contributed by atoms with E-state index in [2.05, 4.69) is 0 Å². The first-order valence-electron chi connectivity index (χ1n) is 5.55. The molecular formula is C10H18N2O4S. The Labute approximate surface area is 105 Å². The van der Waals surface area contributed by atoms with Gasteiger partial charge in [0.2, 0.25) is 0 Å². The first-order chi connectivity index (χ1) is 8.15. The van der Waals surface area contributed by atoms with E-state index < -0.39 is 12.2 Å². The van der Waals surface area contributed by atoms with Crippen molar-refractivity contribution in [2.45, 2.75) is 13.0 Å². The highest BCUT2D eigenvalue weighted by molar-refractivity contribution is 7.99. The number of nitrogens with two attached hydrogens (primary N) is 1. The molecule has 1 rings (SSSR count). The van der Waals surface area contributed by atoms with Gasteiger partial charge in [-0.3, -0.25) is 4.79 Å². The number of hydrogen-bond donors (Lipinski definition) is 1. The number of thioether (sulfide) groups is 1. The van der Waals surface area contributed by atoms with Gasteiger partial charge in [-0.05, 0) is 5.75 Å². The third kappa shape index (κ3) is 4.82. The van der Waals surface area contributed by atoms with Crippen molar-refractivity contribution < 1.29 is 19.1 Å². The summed E-state index contributed by atoms with van der Waals surface area (Å²) in [6.07, 6.45) is -1.69. The van der Waals surface area contributed by atoms with Gasteiger partial charge >= 0.3 is 6.09 Å². The maximum Gasteiger partial charge on any atom is 0.405 e. The normalized spacial score (nSPS) is 17.6. The van der Waals surface area contributed by atoms with E-state index in [1.165, 1.54) is 11.8 Å². The molecule has 0 aliphatic carbocycles. The Bertz CT molecular complexity index is 269. The van der Waals surface area contributed by atoms with E-state index in [1.807, 2.05) is 6.92 Å². The van der Waals surface area contributed by atoms with Crippen LogP contribution in [-0.4, -0.2) is 60.8 Å². The third-order valence-corrected chi connectivity index (χ3v) is 3.28. The van der Waals surface area contributed by atoms with Gasteiger partial charge in [-0.25, -0.2) is 4.79 Å². The molecule has 2 N–H and O–H groups in total. The molecule has 1 heterocycles. The lowest BCUT2D eigenvalue weighted by atomic mass is 10.3. The number of nitrogens with zero attached hydrogens (tertiary/aromatic N) is 1. The smallest absolute Gasteiger partial charge is 0.405 e. The Morgan fingerprint density at radius 3 is 2.65 bits per heavy atom. The van der Waals surface area contributed by atoms with Crippen LogP contribution in [0.5, 0.6) is 0 Å². The van der Waals surface area contributed by atoms with Gasteiger partial charge < -0.3 is 20.1 Å². The molecule has 1 aliphatic rings. The average Bonchev–Trinajstić information content (AvgIpc) is 2.34. The molecule has 6 nitrogen and oxygen atoms in total. The standard InChI is InChI=1S/C10H18N2O4S/c1-2-17-7-8(16-10(11)14)9(13)12-3-5-15-6-4-12/h8H,2-7H2,1H3,(H2,11,14)/t8-/m0/s1. The summed E-state index contributed by atoms with van der Waals surface area (Å²) in [6, 6.07) is 0. The number of rotatable bonds is 5. The monoisotopic (exact) mass is 262 g/mol. The van der Waals surface area contributed by atoms with Crippen LogP contribution in [0.3, 0.4) is 0 Å². The van der Waals surface area contributed by atoms with Gasteiger partial charge in [-0.15, -0.1) is 0 Å². The highest BCUT2D eigenvalue weighted by Crippen LogP contribution is 2.10. The third-order valence-electron chi connectivity index (χ3n) is 2.33. The number of carbonyl (C=O) groups excluding carboxylic acids is 2. The van der Waals surface area contributed by atoms with Crippen LogP contribution in [0.2, 0.25) is 0 Å². The maximum atomic E-state index is 12.1. The van der Waals surface area contributed by atoms with E-state index in [4.69, 9.17) is 15.2 Å². The summed E-state index contributed by atoms with van der Waals surface area (Å²) >= 11 is 1.54. The molecule has 0 radical (unpaired) electrons. The van der Waals surface area contributed by atoms with E-state index in [0.717, 1.165) is 5.75 Å². The Morgan fingerprint density at radius 1 is 1.47 bits per heavy atom. The van der Waals surface area contributed by atoms with E-state index in [9.17, 15) is 9.59 Å². The Balaban J connectivity index is 2.53. The number of primary amides is 1. The molecule has 98 valence electrons. The minimum atomic E-state index is -0.909. The second kappa shape index (κ2) is 7.39. The van der Waals surface area contributed by atoms with Gasteiger partial charge in [0.05, 0.1) is 13.2 Å². The lowest BCUT2D eigenvalue weighted by Gasteiger charge is -2.29. The SMILES string of the molecule is CCSC[C@H](OC(N)=O)C(=O)N1CCOCC1. The van der Waals surface area contributed by atoms with Crippen molar-refractivity contribution in [3.63, 3.8) is 0 Å². The molecule has 0 bridgehead atoms. The number of amides is 2. The van der Waals surface area contributed by atoms with E-state index in [0.29, 0.717) is 32.1 Å². The molecule has 1 atom stereocenters. The van der Waals surface area contributed by atoms with Gasteiger partial charge in [0.25, 0.3) is 5.91 Å². The fraction of sp³-hybridized carbons (Fsp3) is 0.800. The van der Waals surface area contributed by atoms with Crippen LogP contribution in [-0.2, 0) is 14.3 Å². The van der Waals surface area contributed by atoms with Crippen LogP contribution in [0.25, 0.3) is 0 Å². The Hall–Kier alpha value is -0.950. The maximum absolute atomic E-state index is 12.1. The number of hydrogen-bond acceptors (Lipinski definition) is 5. The van der Waals surface area contributed by atoms with Crippen molar-refractivity contribution in [1.29, 1.82) is 0 Å². The van der Waals surface area contributed by atoms with Crippen molar-refractivity contribution in [2.24, 2.45) is 5.73 Å². The average molecular weight is 262 g/mol. The molecule has 17 heavy (non-hydrogen) atoms. The Morgan fingerprint density at radius 2 is 2.12 bits per heavy atom. The quantitative estimate of drug-likeness (QED) is 0.757. The summed E-state index contributed by atoms with van der Waals surface area (Å²) in [5.74, 6) is 1.11. The van der Waals surface area contributed by atoms with Crippen LogP contribution < -0.4 is 5.73 Å². The largest absolute Gasteiger partial charge is 0.435 e. The van der Waals surface area contributed by atoms with Crippen LogP contribution in [0, 0.1) is 0 Å². The fourth-order valence-electron chi connectivity index (χ4n) is 1.51. The molecule has 0 unspecified atom stereocenters. The number of ether oxygens (including phenoxy) is 2. The fourth-order valence-corrected chi connectivity index (χ4v) is 2.17. The molecule has 7 heteroatoms. The van der Waals surface area contributed by atoms with E-state index >= 15 is 0 Å². The van der Waals surface area contributed by atoms with Crippen molar-refractivity contribution >= 4 is 23.8 Å². The van der Waals surface area contributed by atoms with Gasteiger partial charge in [-0.2, -0.15) is 11.8 Å². The lowest BCUT2D eigenvalue weighted by molar-refractivity contribution is -0.143. The summed E-state index contributed by atoms with van der Waals surface area (Å²) in [5.41, 5.74) is 4.97. The van der Waals surface area contributed by atoms with Gasteiger partial charge in [0, 0.05) is 18.8 Å². The minimum absolute atomic E-state index is 0.187. The van der Waals surface area contributed by atoms with Gasteiger partial charge in [-0.1, -0.05) is 6.92 Å². The number of morpholine rings is 1. The molecular weight excluding hydrogens is 244 g/mol. The molecule has 1 fully saturated rings. The zero-order chi connectivity index (χ0) is 12.7. The summed E-state index contributed by atoms with van der Waals surface area (Å²) in [6.45, 7) is 4.10. The van der Waals surface area contributed by atoms with Crippen LogP contribution >= 0.6 is 11.8 Å². The van der Waals surface area contributed by atoms with Crippen LogP contribution in [0.1, 0.15) is 6.92 Å². The summed E-state index contributed by atoms with van der Waals surface area (Å²) in [5, 5.41) is 0. The lowest BCUT2D eigenvalue weighted by Crippen LogP contribution is -2.48. The van der Waals surface area contributed by atoms with Crippen molar-refractivity contribution in [3.05, 3.63) is 0 Å². The highest BCUT2D eigenvalue weighted by Gasteiger charge is 2.28. The summed E-state index contributed by atoms with van der Waals surface area (Å²) in [7, 11) is 0. The van der Waals surface area contributed by atoms with Gasteiger partial charge in [0.1, 0.15) is 0 Å². The first-order valence-corrected chi connectivity index (χ1v) is 6.71. The predicted octanol–water partition coefficient (Wildman–Crippen LogP) is 0.0622. The number of carbonyl (C=O) groups is 2. The highest BCUT2D eigenvalue weighted by atomic mass is 32.2. The summed E-state index contributed by atoms with van der Waals surface area (Å²) < 4.78 is 10.0. The molecule has 0 aromatic carbocycles. The zero-order valence-corrected chi connectivity index (χ0v) is 10.7. The zero-order valence-electron chi connectivity index (χ0n) is 9.89. The van der Waals surface area contributed by atoms with E-state index in [1.54, 1.807) is 4.90 Å². The molecule has 0 spiro atoms. The second-order valence-electron chi connectivity index (χ2n) is 3.52. The van der Waals surface area contributed by atoms with Crippen molar-refractivity contribution in [1.82, 2.24) is 4.90 Å². The molecule has 1 saturated heterocycles. The molecule has 1 aliphatic heterocycles. The molecule has 0 aromatic heterocycles. The van der Waals surface area contributed by atoms with Gasteiger partial charge in [0.15, 0.2) is 6.10 Å². The van der Waals surface area contributed by atoms with Crippen LogP contribution in [0.15, 0.2) is 0 Å². The molecule has 2 amide bonds. The second-order valence-corrected chi connectivity index (χ2v) is 4.84. The topological polar surface area (TPSA) is 81.9 Å². The van der Waals surface area contributed by atoms with E-state index in [-0.39, 0.29) is 5.91 Å². The minimum Gasteiger partial charge on any atom is -0.435 e. The first kappa shape index (κ1) is 14.1. The molecule has 0 saturated carbocycles.